The van der Waals surface area contributed by atoms with Crippen molar-refractivity contribution in [1.29, 1.82) is 0 Å². The maximum atomic E-state index is 4.02. The molecule has 0 amide bonds. The van der Waals surface area contributed by atoms with Crippen LogP contribution in [0.1, 0.15) is 58.8 Å². The highest BCUT2D eigenvalue weighted by molar-refractivity contribution is 5.10. The molecule has 0 unspecified atom stereocenters. The second kappa shape index (κ2) is 6.15. The third-order valence-electron chi connectivity index (χ3n) is 3.55. The van der Waals surface area contributed by atoms with Crippen molar-refractivity contribution < 1.29 is 0 Å². The molecule has 1 fully saturated rings. The summed E-state index contributed by atoms with van der Waals surface area (Å²) in [6.45, 7) is 8.60. The van der Waals surface area contributed by atoms with E-state index in [4.69, 9.17) is 0 Å². The number of hydrogen-bond acceptors (Lipinski definition) is 0. The molecule has 1 rings (SSSR count). The van der Waals surface area contributed by atoms with E-state index in [1.165, 1.54) is 44.9 Å². The summed E-state index contributed by atoms with van der Waals surface area (Å²) in [5.74, 6) is 0.820. The second-order valence-electron chi connectivity index (χ2n) is 5.37. The fourth-order valence-electron chi connectivity index (χ4n) is 2.40. The van der Waals surface area contributed by atoms with E-state index in [9.17, 15) is 0 Å². The Labute approximate surface area is 95.5 Å². The summed E-state index contributed by atoms with van der Waals surface area (Å²) in [6.07, 6.45) is 16.3. The average molecular weight is 206 g/mol. The van der Waals surface area contributed by atoms with Gasteiger partial charge in [-0.3, -0.25) is 0 Å². The fraction of sp³-hybridized carbons (Fsp3) is 0.733. The first-order valence-electron chi connectivity index (χ1n) is 6.50. The highest BCUT2D eigenvalue weighted by atomic mass is 14.3. The molecule has 0 atom stereocenters. The average Bonchev–Trinajstić information content (AvgIpc) is 2.26. The van der Waals surface area contributed by atoms with Gasteiger partial charge in [0.1, 0.15) is 0 Å². The lowest BCUT2D eigenvalue weighted by Gasteiger charge is -2.31. The molecule has 0 spiro atoms. The van der Waals surface area contributed by atoms with Gasteiger partial charge >= 0.3 is 0 Å². The molecule has 0 heterocycles. The van der Waals surface area contributed by atoms with Crippen LogP contribution < -0.4 is 0 Å². The molecule has 1 aliphatic rings. The maximum absolute atomic E-state index is 4.02. The van der Waals surface area contributed by atoms with Crippen molar-refractivity contribution in [3.05, 3.63) is 24.8 Å². The molecule has 1 aliphatic carbocycles. The quantitative estimate of drug-likeness (QED) is 0.548. The molecule has 0 N–H and O–H groups in total. The van der Waals surface area contributed by atoms with Gasteiger partial charge in [0.15, 0.2) is 0 Å². The van der Waals surface area contributed by atoms with Crippen LogP contribution in [0, 0.1) is 11.3 Å². The zero-order chi connectivity index (χ0) is 11.1. The van der Waals surface area contributed by atoms with E-state index < -0.39 is 0 Å². The van der Waals surface area contributed by atoms with Gasteiger partial charge in [-0.05, 0) is 31.6 Å². The van der Waals surface area contributed by atoms with Crippen molar-refractivity contribution in [2.75, 3.05) is 0 Å². The van der Waals surface area contributed by atoms with E-state index in [0.717, 1.165) is 5.92 Å². The first kappa shape index (κ1) is 12.5. The molecule has 0 radical (unpaired) electrons. The van der Waals surface area contributed by atoms with Gasteiger partial charge in [-0.2, -0.15) is 0 Å². The minimum atomic E-state index is 0.342. The van der Waals surface area contributed by atoms with E-state index in [1.54, 1.807) is 0 Å². The molecule has 1 saturated carbocycles. The zero-order valence-corrected chi connectivity index (χ0v) is 10.5. The predicted octanol–water partition coefficient (Wildman–Crippen LogP) is 5.12. The fourth-order valence-corrected chi connectivity index (χ4v) is 2.40. The van der Waals surface area contributed by atoms with E-state index >= 15 is 0 Å². The topological polar surface area (TPSA) is 0 Å². The van der Waals surface area contributed by atoms with Gasteiger partial charge in [-0.1, -0.05) is 51.3 Å². The summed E-state index contributed by atoms with van der Waals surface area (Å²) in [5, 5.41) is 0. The first-order chi connectivity index (χ1) is 7.18. The van der Waals surface area contributed by atoms with E-state index in [-0.39, 0.29) is 0 Å². The standard InChI is InChI=1S/C15H26/c1-4-15(11-7-5-8-12-15)13-9-6-10-14(2)3/h4,9,13-14H,1,5-8,10-12H2,2-3H3. The van der Waals surface area contributed by atoms with Gasteiger partial charge in [-0.25, -0.2) is 0 Å². The van der Waals surface area contributed by atoms with Gasteiger partial charge in [0.25, 0.3) is 0 Å². The second-order valence-corrected chi connectivity index (χ2v) is 5.37. The van der Waals surface area contributed by atoms with Crippen LogP contribution in [0.5, 0.6) is 0 Å². The molecule has 0 aromatic rings. The third-order valence-corrected chi connectivity index (χ3v) is 3.55. The summed E-state index contributed by atoms with van der Waals surface area (Å²) >= 11 is 0. The summed E-state index contributed by atoms with van der Waals surface area (Å²) in [5.41, 5.74) is 0.342. The molecule has 0 nitrogen and oxygen atoms in total. The smallest absolute Gasteiger partial charge is 0.00583 e. The molecular formula is C15H26. The zero-order valence-electron chi connectivity index (χ0n) is 10.5. The summed E-state index contributed by atoms with van der Waals surface area (Å²) in [4.78, 5) is 0. The van der Waals surface area contributed by atoms with Gasteiger partial charge in [0.2, 0.25) is 0 Å². The molecular weight excluding hydrogens is 180 g/mol. The first-order valence-corrected chi connectivity index (χ1v) is 6.50. The number of rotatable bonds is 5. The van der Waals surface area contributed by atoms with Crippen molar-refractivity contribution in [1.82, 2.24) is 0 Å². The van der Waals surface area contributed by atoms with Crippen molar-refractivity contribution in [2.24, 2.45) is 11.3 Å². The predicted molar refractivity (Wildman–Crippen MR) is 68.9 cm³/mol. The summed E-state index contributed by atoms with van der Waals surface area (Å²) in [6, 6.07) is 0. The molecule has 0 aromatic carbocycles. The van der Waals surface area contributed by atoms with E-state index in [1.807, 2.05) is 0 Å². The van der Waals surface area contributed by atoms with Crippen molar-refractivity contribution in [2.45, 2.75) is 58.8 Å². The van der Waals surface area contributed by atoms with Gasteiger partial charge in [0.05, 0.1) is 0 Å². The van der Waals surface area contributed by atoms with Crippen LogP contribution in [-0.4, -0.2) is 0 Å². The summed E-state index contributed by atoms with van der Waals surface area (Å²) in [7, 11) is 0. The van der Waals surface area contributed by atoms with Crippen LogP contribution in [0.25, 0.3) is 0 Å². The molecule has 0 aliphatic heterocycles. The van der Waals surface area contributed by atoms with Crippen molar-refractivity contribution in [3.63, 3.8) is 0 Å². The van der Waals surface area contributed by atoms with Crippen LogP contribution in [0.2, 0.25) is 0 Å². The lowest BCUT2D eigenvalue weighted by molar-refractivity contribution is 0.326. The minimum absolute atomic E-state index is 0.342. The Morgan fingerprint density at radius 2 is 1.87 bits per heavy atom. The Balaban J connectivity index is 2.41. The summed E-state index contributed by atoms with van der Waals surface area (Å²) < 4.78 is 0. The van der Waals surface area contributed by atoms with Gasteiger partial charge < -0.3 is 0 Å². The van der Waals surface area contributed by atoms with Crippen LogP contribution in [0.15, 0.2) is 24.8 Å². The highest BCUT2D eigenvalue weighted by Crippen LogP contribution is 2.38. The van der Waals surface area contributed by atoms with Crippen LogP contribution in [0.3, 0.4) is 0 Å². The normalized spacial score (nSPS) is 21.0. The van der Waals surface area contributed by atoms with Gasteiger partial charge in [-0.15, -0.1) is 6.58 Å². The highest BCUT2D eigenvalue weighted by Gasteiger charge is 2.25. The Morgan fingerprint density at radius 1 is 1.20 bits per heavy atom. The van der Waals surface area contributed by atoms with Crippen LogP contribution in [-0.2, 0) is 0 Å². The molecule has 0 saturated heterocycles. The Bertz CT molecular complexity index is 204. The lowest BCUT2D eigenvalue weighted by Crippen LogP contribution is -2.18. The monoisotopic (exact) mass is 206 g/mol. The number of allylic oxidation sites excluding steroid dienone is 3. The molecule has 86 valence electrons. The van der Waals surface area contributed by atoms with Crippen LogP contribution in [0.4, 0.5) is 0 Å². The Kier molecular flexibility index (Phi) is 5.14. The van der Waals surface area contributed by atoms with Gasteiger partial charge in [0, 0.05) is 5.41 Å². The van der Waals surface area contributed by atoms with E-state index in [2.05, 4.69) is 38.7 Å². The largest absolute Gasteiger partial charge is 0.102 e. The van der Waals surface area contributed by atoms with Crippen molar-refractivity contribution >= 4 is 0 Å². The third kappa shape index (κ3) is 4.24. The Morgan fingerprint density at radius 3 is 2.40 bits per heavy atom. The molecule has 15 heavy (non-hydrogen) atoms. The van der Waals surface area contributed by atoms with Crippen molar-refractivity contribution in [3.8, 4) is 0 Å². The lowest BCUT2D eigenvalue weighted by atomic mass is 9.74. The Hall–Kier alpha value is -0.520. The maximum Gasteiger partial charge on any atom is 0.00583 e. The molecule has 0 aromatic heterocycles. The van der Waals surface area contributed by atoms with E-state index in [0.29, 0.717) is 5.41 Å². The SMILES string of the molecule is C=CC1(C=CCCC(C)C)CCCCC1. The van der Waals surface area contributed by atoms with Crippen LogP contribution >= 0.6 is 0 Å². The molecule has 0 heteroatoms. The molecule has 0 bridgehead atoms. The number of hydrogen-bond donors (Lipinski definition) is 0. The minimum Gasteiger partial charge on any atom is -0.102 e.